The minimum Gasteiger partial charge on any atom is -0.459 e. The molecule has 20 heavy (non-hydrogen) atoms. The molecule has 0 aliphatic rings. The second kappa shape index (κ2) is 6.32. The largest absolute Gasteiger partial charge is 0.459 e. The van der Waals surface area contributed by atoms with E-state index in [4.69, 9.17) is 10.5 Å². The number of rotatable bonds is 4. The molecule has 1 unspecified atom stereocenters. The first-order valence-electron chi connectivity index (χ1n) is 6.01. The fraction of sp³-hybridized carbons (Fsp3) is 0.462. The number of hydrogen-bond donors (Lipinski definition) is 1. The van der Waals surface area contributed by atoms with E-state index in [1.807, 2.05) is 0 Å². The molecule has 0 spiro atoms. The quantitative estimate of drug-likeness (QED) is 0.514. The fourth-order valence-corrected chi connectivity index (χ4v) is 2.04. The van der Waals surface area contributed by atoms with Gasteiger partial charge in [0.25, 0.3) is 5.69 Å². The van der Waals surface area contributed by atoms with E-state index in [0.29, 0.717) is 10.0 Å². The number of halogens is 1. The molecule has 0 aliphatic carbocycles. The van der Waals surface area contributed by atoms with Crippen molar-refractivity contribution in [3.05, 3.63) is 38.3 Å². The minimum absolute atomic E-state index is 0.0218. The molecule has 0 heterocycles. The Kier molecular flexibility index (Phi) is 5.24. The lowest BCUT2D eigenvalue weighted by Gasteiger charge is -2.22. The van der Waals surface area contributed by atoms with Crippen LogP contribution in [0.5, 0.6) is 0 Å². The lowest BCUT2D eigenvalue weighted by Crippen LogP contribution is -2.38. The van der Waals surface area contributed by atoms with Crippen LogP contribution in [0.1, 0.15) is 26.3 Å². The number of nitrogens with zero attached hydrogens (tertiary/aromatic N) is 1. The van der Waals surface area contributed by atoms with Crippen molar-refractivity contribution < 1.29 is 14.5 Å². The number of carbonyl (C=O) groups is 1. The van der Waals surface area contributed by atoms with Gasteiger partial charge < -0.3 is 10.5 Å². The van der Waals surface area contributed by atoms with E-state index in [0.717, 1.165) is 0 Å². The van der Waals surface area contributed by atoms with E-state index >= 15 is 0 Å². The van der Waals surface area contributed by atoms with Gasteiger partial charge in [-0.1, -0.05) is 22.0 Å². The van der Waals surface area contributed by atoms with E-state index in [9.17, 15) is 14.9 Å². The van der Waals surface area contributed by atoms with Crippen molar-refractivity contribution in [2.75, 3.05) is 0 Å². The summed E-state index contributed by atoms with van der Waals surface area (Å²) in [4.78, 5) is 21.9. The number of nitro groups is 1. The molecule has 1 rings (SSSR count). The van der Waals surface area contributed by atoms with Gasteiger partial charge >= 0.3 is 5.97 Å². The van der Waals surface area contributed by atoms with Gasteiger partial charge in [-0.15, -0.1) is 0 Å². The van der Waals surface area contributed by atoms with Crippen LogP contribution in [0.2, 0.25) is 0 Å². The summed E-state index contributed by atoms with van der Waals surface area (Å²) in [6.45, 7) is 5.29. The van der Waals surface area contributed by atoms with Crippen molar-refractivity contribution in [3.63, 3.8) is 0 Å². The van der Waals surface area contributed by atoms with Crippen LogP contribution in [0, 0.1) is 10.1 Å². The Morgan fingerprint density at radius 1 is 1.50 bits per heavy atom. The molecule has 0 radical (unpaired) electrons. The summed E-state index contributed by atoms with van der Waals surface area (Å²) in [5.41, 5.74) is 5.89. The highest BCUT2D eigenvalue weighted by atomic mass is 79.9. The Morgan fingerprint density at radius 3 is 2.55 bits per heavy atom. The smallest absolute Gasteiger partial charge is 0.323 e. The number of hydrogen-bond acceptors (Lipinski definition) is 5. The molecule has 7 heteroatoms. The number of nitrogens with two attached hydrogens (primary N) is 1. The van der Waals surface area contributed by atoms with Crippen molar-refractivity contribution in [3.8, 4) is 0 Å². The highest BCUT2D eigenvalue weighted by molar-refractivity contribution is 9.10. The summed E-state index contributed by atoms with van der Waals surface area (Å²) >= 11 is 3.24. The molecular formula is C13H17BrN2O4. The Bertz CT molecular complexity index is 526. The van der Waals surface area contributed by atoms with Crippen LogP contribution in [0.15, 0.2) is 22.7 Å². The summed E-state index contributed by atoms with van der Waals surface area (Å²) in [6, 6.07) is 3.53. The Balaban J connectivity index is 2.78. The van der Waals surface area contributed by atoms with Gasteiger partial charge in [0.2, 0.25) is 0 Å². The highest BCUT2D eigenvalue weighted by Crippen LogP contribution is 2.24. The van der Waals surface area contributed by atoms with Crippen molar-refractivity contribution in [2.45, 2.75) is 38.8 Å². The van der Waals surface area contributed by atoms with Gasteiger partial charge in [-0.3, -0.25) is 14.9 Å². The molecule has 0 saturated heterocycles. The van der Waals surface area contributed by atoms with Crippen molar-refractivity contribution in [1.82, 2.24) is 0 Å². The molecule has 110 valence electrons. The molecule has 0 fully saturated rings. The summed E-state index contributed by atoms with van der Waals surface area (Å²) in [7, 11) is 0. The van der Waals surface area contributed by atoms with Gasteiger partial charge in [0.15, 0.2) is 0 Å². The maximum atomic E-state index is 11.8. The van der Waals surface area contributed by atoms with Crippen LogP contribution in [-0.4, -0.2) is 22.5 Å². The molecule has 1 atom stereocenters. The Morgan fingerprint density at radius 2 is 2.10 bits per heavy atom. The molecule has 0 saturated carbocycles. The number of non-ortho nitro benzene ring substituents is 1. The average molecular weight is 345 g/mol. The Hall–Kier alpha value is -1.47. The molecule has 1 aromatic carbocycles. The molecular weight excluding hydrogens is 328 g/mol. The van der Waals surface area contributed by atoms with Gasteiger partial charge in [-0.2, -0.15) is 0 Å². The number of nitro benzene ring substituents is 1. The lowest BCUT2D eigenvalue weighted by molar-refractivity contribution is -0.384. The summed E-state index contributed by atoms with van der Waals surface area (Å²) in [5.74, 6) is -0.497. The van der Waals surface area contributed by atoms with Crippen molar-refractivity contribution in [2.24, 2.45) is 5.73 Å². The zero-order valence-electron chi connectivity index (χ0n) is 11.6. The summed E-state index contributed by atoms with van der Waals surface area (Å²) in [6.07, 6.45) is 0.244. The van der Waals surface area contributed by atoms with E-state index in [1.54, 1.807) is 26.8 Å². The Labute approximate surface area is 125 Å². The predicted octanol–water partition coefficient (Wildman–Crippen LogP) is 2.57. The van der Waals surface area contributed by atoms with Crippen molar-refractivity contribution >= 4 is 27.6 Å². The molecule has 0 aliphatic heterocycles. The molecule has 1 aromatic rings. The third-order valence-electron chi connectivity index (χ3n) is 2.40. The first kappa shape index (κ1) is 16.6. The summed E-state index contributed by atoms with van der Waals surface area (Å²) < 4.78 is 5.73. The standard InChI is InChI=1S/C13H17BrN2O4/c1-13(2,3)20-12(17)11(15)6-8-4-5-9(16(18)19)7-10(8)14/h4-5,7,11H,6,15H2,1-3H3. The average Bonchev–Trinajstić information content (AvgIpc) is 2.29. The third-order valence-corrected chi connectivity index (χ3v) is 3.14. The van der Waals surface area contributed by atoms with Gasteiger partial charge in [-0.05, 0) is 32.8 Å². The zero-order chi connectivity index (χ0) is 15.5. The van der Waals surface area contributed by atoms with E-state index in [-0.39, 0.29) is 12.1 Å². The minimum atomic E-state index is -0.813. The first-order chi connectivity index (χ1) is 9.10. The maximum Gasteiger partial charge on any atom is 0.323 e. The zero-order valence-corrected chi connectivity index (χ0v) is 13.1. The second-order valence-electron chi connectivity index (χ2n) is 5.38. The van der Waals surface area contributed by atoms with Gasteiger partial charge in [0, 0.05) is 16.6 Å². The second-order valence-corrected chi connectivity index (χ2v) is 6.23. The molecule has 0 amide bonds. The lowest BCUT2D eigenvalue weighted by atomic mass is 10.1. The molecule has 0 bridgehead atoms. The molecule has 2 N–H and O–H groups in total. The normalized spacial score (nSPS) is 12.8. The van der Waals surface area contributed by atoms with Crippen LogP contribution in [0.4, 0.5) is 5.69 Å². The topological polar surface area (TPSA) is 95.5 Å². The van der Waals surface area contributed by atoms with Crippen LogP contribution in [-0.2, 0) is 16.0 Å². The number of esters is 1. The molecule has 0 aromatic heterocycles. The van der Waals surface area contributed by atoms with Crippen LogP contribution in [0.3, 0.4) is 0 Å². The van der Waals surface area contributed by atoms with Gasteiger partial charge in [0.05, 0.1) is 4.92 Å². The van der Waals surface area contributed by atoms with Crippen LogP contribution >= 0.6 is 15.9 Å². The maximum absolute atomic E-state index is 11.8. The molecule has 6 nitrogen and oxygen atoms in total. The predicted molar refractivity (Wildman–Crippen MR) is 78.3 cm³/mol. The van der Waals surface area contributed by atoms with Crippen LogP contribution < -0.4 is 5.73 Å². The first-order valence-corrected chi connectivity index (χ1v) is 6.80. The number of ether oxygens (including phenoxy) is 1. The van der Waals surface area contributed by atoms with E-state index in [2.05, 4.69) is 15.9 Å². The van der Waals surface area contributed by atoms with Crippen LogP contribution in [0.25, 0.3) is 0 Å². The summed E-state index contributed by atoms with van der Waals surface area (Å²) in [5, 5.41) is 10.6. The van der Waals surface area contributed by atoms with E-state index in [1.165, 1.54) is 12.1 Å². The van der Waals surface area contributed by atoms with Crippen molar-refractivity contribution in [1.29, 1.82) is 0 Å². The highest BCUT2D eigenvalue weighted by Gasteiger charge is 2.23. The monoisotopic (exact) mass is 344 g/mol. The van der Waals surface area contributed by atoms with Gasteiger partial charge in [-0.25, -0.2) is 0 Å². The van der Waals surface area contributed by atoms with Gasteiger partial charge in [0.1, 0.15) is 11.6 Å². The fourth-order valence-electron chi connectivity index (χ4n) is 1.51. The number of benzene rings is 1. The third kappa shape index (κ3) is 4.90. The number of carbonyl (C=O) groups excluding carboxylic acids is 1. The van der Waals surface area contributed by atoms with E-state index < -0.39 is 22.5 Å². The SMILES string of the molecule is CC(C)(C)OC(=O)C(N)Cc1ccc([N+](=O)[O-])cc1Br.